The van der Waals surface area contributed by atoms with Crippen molar-refractivity contribution in [2.75, 3.05) is 19.6 Å². The fourth-order valence-corrected chi connectivity index (χ4v) is 2.49. The average molecular weight is 336 g/mol. The Labute approximate surface area is 132 Å². The number of sulfonamides is 1. The van der Waals surface area contributed by atoms with Crippen LogP contribution < -0.4 is 15.8 Å². The first-order valence-electron chi connectivity index (χ1n) is 6.47. The van der Waals surface area contributed by atoms with Crippen LogP contribution in [0.5, 0.6) is 0 Å². The van der Waals surface area contributed by atoms with Crippen LogP contribution in [0.2, 0.25) is 0 Å². The van der Waals surface area contributed by atoms with E-state index in [1.165, 1.54) is 12.1 Å². The molecule has 21 heavy (non-hydrogen) atoms. The van der Waals surface area contributed by atoms with Gasteiger partial charge in [0.25, 0.3) is 0 Å². The van der Waals surface area contributed by atoms with Gasteiger partial charge in [0.1, 0.15) is 0 Å². The number of amides is 1. The number of carbonyl (C=O) groups is 1. The van der Waals surface area contributed by atoms with Crippen molar-refractivity contribution in [2.45, 2.75) is 18.2 Å². The van der Waals surface area contributed by atoms with E-state index in [2.05, 4.69) is 10.0 Å². The van der Waals surface area contributed by atoms with E-state index in [-0.39, 0.29) is 42.1 Å². The van der Waals surface area contributed by atoms with Gasteiger partial charge in [-0.05, 0) is 24.6 Å². The lowest BCUT2D eigenvalue weighted by atomic mass is 10.2. The van der Waals surface area contributed by atoms with Crippen LogP contribution in [0.1, 0.15) is 13.3 Å². The molecule has 1 aromatic rings. The summed E-state index contributed by atoms with van der Waals surface area (Å²) in [6, 6.07) is 8.05. The van der Waals surface area contributed by atoms with Gasteiger partial charge in [0.2, 0.25) is 15.9 Å². The number of halogens is 1. The fourth-order valence-electron chi connectivity index (χ4n) is 1.44. The molecule has 1 unspecified atom stereocenters. The van der Waals surface area contributed by atoms with Gasteiger partial charge in [-0.25, -0.2) is 13.1 Å². The van der Waals surface area contributed by atoms with Gasteiger partial charge in [-0.1, -0.05) is 25.1 Å². The summed E-state index contributed by atoms with van der Waals surface area (Å²) in [4.78, 5) is 11.7. The number of rotatable bonds is 8. The molecule has 1 amide bonds. The van der Waals surface area contributed by atoms with E-state index in [0.29, 0.717) is 13.1 Å². The molecule has 0 aliphatic heterocycles. The first-order chi connectivity index (χ1) is 9.45. The van der Waals surface area contributed by atoms with E-state index in [0.717, 1.165) is 0 Å². The standard InChI is InChI=1S/C13H21N3O3S.ClH/c1-11(9-14)10-15-13(17)7-8-16-20(18,19)12-5-3-2-4-6-12;/h2-6,11,16H,7-10,14H2,1H3,(H,15,17);1H. The van der Waals surface area contributed by atoms with Crippen LogP contribution in [0.15, 0.2) is 35.2 Å². The van der Waals surface area contributed by atoms with Gasteiger partial charge in [0.05, 0.1) is 4.90 Å². The third kappa shape index (κ3) is 7.42. The molecule has 0 heterocycles. The number of benzene rings is 1. The maximum absolute atomic E-state index is 11.9. The van der Waals surface area contributed by atoms with Crippen molar-refractivity contribution >= 4 is 28.3 Å². The Hall–Kier alpha value is -1.15. The van der Waals surface area contributed by atoms with Crippen molar-refractivity contribution < 1.29 is 13.2 Å². The van der Waals surface area contributed by atoms with E-state index in [9.17, 15) is 13.2 Å². The summed E-state index contributed by atoms with van der Waals surface area (Å²) < 4.78 is 26.1. The molecule has 0 radical (unpaired) electrons. The Morgan fingerprint density at radius 3 is 2.48 bits per heavy atom. The van der Waals surface area contributed by atoms with E-state index in [1.807, 2.05) is 6.92 Å². The Kier molecular flexibility index (Phi) is 9.19. The largest absolute Gasteiger partial charge is 0.356 e. The lowest BCUT2D eigenvalue weighted by molar-refractivity contribution is -0.121. The third-order valence-corrected chi connectivity index (χ3v) is 4.22. The molecule has 1 rings (SSSR count). The number of nitrogens with two attached hydrogens (primary N) is 1. The molecule has 1 aromatic carbocycles. The number of hydrogen-bond donors (Lipinski definition) is 3. The predicted molar refractivity (Wildman–Crippen MR) is 84.7 cm³/mol. The molecular formula is C13H22ClN3O3S. The molecule has 0 spiro atoms. The Morgan fingerprint density at radius 2 is 1.90 bits per heavy atom. The lowest BCUT2D eigenvalue weighted by Crippen LogP contribution is -2.34. The molecule has 8 heteroatoms. The average Bonchev–Trinajstić information content (AvgIpc) is 2.45. The first kappa shape index (κ1) is 19.9. The van der Waals surface area contributed by atoms with Crippen molar-refractivity contribution in [3.8, 4) is 0 Å². The van der Waals surface area contributed by atoms with Gasteiger partial charge in [0.15, 0.2) is 0 Å². The normalized spacial score (nSPS) is 12.3. The first-order valence-corrected chi connectivity index (χ1v) is 7.95. The van der Waals surface area contributed by atoms with Gasteiger partial charge in [-0.2, -0.15) is 0 Å². The zero-order chi connectivity index (χ0) is 15.0. The summed E-state index contributed by atoms with van der Waals surface area (Å²) in [7, 11) is -3.54. The van der Waals surface area contributed by atoms with Gasteiger partial charge in [-0.15, -0.1) is 12.4 Å². The maximum Gasteiger partial charge on any atom is 0.240 e. The Morgan fingerprint density at radius 1 is 1.29 bits per heavy atom. The van der Waals surface area contributed by atoms with Crippen LogP contribution in [0.25, 0.3) is 0 Å². The lowest BCUT2D eigenvalue weighted by Gasteiger charge is -2.10. The number of carbonyl (C=O) groups excluding carboxylic acids is 1. The summed E-state index contributed by atoms with van der Waals surface area (Å²) >= 11 is 0. The van der Waals surface area contributed by atoms with Gasteiger partial charge in [0, 0.05) is 19.5 Å². The zero-order valence-corrected chi connectivity index (χ0v) is 13.5. The van der Waals surface area contributed by atoms with Crippen LogP contribution in [0, 0.1) is 5.92 Å². The molecule has 120 valence electrons. The van der Waals surface area contributed by atoms with Crippen LogP contribution >= 0.6 is 12.4 Å². The summed E-state index contributed by atoms with van der Waals surface area (Å²) in [6.45, 7) is 3.00. The van der Waals surface area contributed by atoms with Crippen molar-refractivity contribution in [1.29, 1.82) is 0 Å². The Bertz CT molecular complexity index is 523. The molecule has 1 atom stereocenters. The molecular weight excluding hydrogens is 314 g/mol. The minimum absolute atomic E-state index is 0. The Balaban J connectivity index is 0.00000400. The van der Waals surface area contributed by atoms with E-state index >= 15 is 0 Å². The van der Waals surface area contributed by atoms with E-state index < -0.39 is 10.0 Å². The minimum Gasteiger partial charge on any atom is -0.356 e. The van der Waals surface area contributed by atoms with Crippen LogP contribution in [0.3, 0.4) is 0 Å². The van der Waals surface area contributed by atoms with Crippen molar-refractivity contribution in [2.24, 2.45) is 11.7 Å². The van der Waals surface area contributed by atoms with Gasteiger partial charge in [-0.3, -0.25) is 4.79 Å². The fraction of sp³-hybridized carbons (Fsp3) is 0.462. The van der Waals surface area contributed by atoms with Crippen molar-refractivity contribution in [3.05, 3.63) is 30.3 Å². The van der Waals surface area contributed by atoms with Crippen molar-refractivity contribution in [3.63, 3.8) is 0 Å². The highest BCUT2D eigenvalue weighted by Gasteiger charge is 2.13. The predicted octanol–water partition coefficient (Wildman–Crippen LogP) is 0.488. The minimum atomic E-state index is -3.54. The summed E-state index contributed by atoms with van der Waals surface area (Å²) in [5.74, 6) is 0.0148. The molecule has 4 N–H and O–H groups in total. The summed E-state index contributed by atoms with van der Waals surface area (Å²) in [6.07, 6.45) is 0.101. The molecule has 0 aliphatic rings. The highest BCUT2D eigenvalue weighted by atomic mass is 35.5. The zero-order valence-electron chi connectivity index (χ0n) is 11.9. The maximum atomic E-state index is 11.9. The van der Waals surface area contributed by atoms with E-state index in [4.69, 9.17) is 5.73 Å². The molecule has 0 bridgehead atoms. The number of hydrogen-bond acceptors (Lipinski definition) is 4. The van der Waals surface area contributed by atoms with Gasteiger partial charge >= 0.3 is 0 Å². The second kappa shape index (κ2) is 9.73. The van der Waals surface area contributed by atoms with E-state index in [1.54, 1.807) is 18.2 Å². The highest BCUT2D eigenvalue weighted by molar-refractivity contribution is 7.89. The number of nitrogens with one attached hydrogen (secondary N) is 2. The monoisotopic (exact) mass is 335 g/mol. The smallest absolute Gasteiger partial charge is 0.240 e. The van der Waals surface area contributed by atoms with Gasteiger partial charge < -0.3 is 11.1 Å². The van der Waals surface area contributed by atoms with Crippen molar-refractivity contribution in [1.82, 2.24) is 10.0 Å². The SMILES string of the molecule is CC(CN)CNC(=O)CCNS(=O)(=O)c1ccccc1.Cl. The molecule has 0 saturated carbocycles. The van der Waals surface area contributed by atoms with Crippen LogP contribution in [-0.4, -0.2) is 34.0 Å². The molecule has 0 aromatic heterocycles. The summed E-state index contributed by atoms with van der Waals surface area (Å²) in [5.41, 5.74) is 5.44. The quantitative estimate of drug-likeness (QED) is 0.643. The highest BCUT2D eigenvalue weighted by Crippen LogP contribution is 2.06. The van der Waals surface area contributed by atoms with Crippen LogP contribution in [0.4, 0.5) is 0 Å². The molecule has 0 aliphatic carbocycles. The molecule has 0 fully saturated rings. The molecule has 0 saturated heterocycles. The summed E-state index contributed by atoms with van der Waals surface area (Å²) in [5, 5.41) is 2.71. The van der Waals surface area contributed by atoms with Crippen LogP contribution in [-0.2, 0) is 14.8 Å². The second-order valence-electron chi connectivity index (χ2n) is 4.61. The second-order valence-corrected chi connectivity index (χ2v) is 6.37. The topological polar surface area (TPSA) is 101 Å². The third-order valence-electron chi connectivity index (χ3n) is 2.75. The molecule has 6 nitrogen and oxygen atoms in total.